The van der Waals surface area contributed by atoms with Crippen LogP contribution in [-0.4, -0.2) is 35.2 Å². The molecule has 1 saturated heterocycles. The molecule has 0 aliphatic carbocycles. The van der Waals surface area contributed by atoms with Gasteiger partial charge in [-0.25, -0.2) is 4.79 Å². The van der Waals surface area contributed by atoms with Crippen LogP contribution in [0.1, 0.15) is 52.7 Å². The Morgan fingerprint density at radius 3 is 2.95 bits per heavy atom. The van der Waals surface area contributed by atoms with Gasteiger partial charge >= 0.3 is 6.09 Å². The first-order valence-corrected chi connectivity index (χ1v) is 8.10. The number of carbonyl (C=O) groups excluding carboxylic acids is 1. The van der Waals surface area contributed by atoms with Crippen LogP contribution in [0.25, 0.3) is 0 Å². The van der Waals surface area contributed by atoms with Gasteiger partial charge in [-0.05, 0) is 59.1 Å². The molecule has 1 N–H and O–H groups in total. The lowest BCUT2D eigenvalue weighted by molar-refractivity contribution is 0.0214. The zero-order valence-corrected chi connectivity index (χ0v) is 14.1. The van der Waals surface area contributed by atoms with Crippen molar-refractivity contribution in [2.45, 2.75) is 71.2 Å². The molecule has 2 heterocycles. The molecule has 5 nitrogen and oxygen atoms in total. The summed E-state index contributed by atoms with van der Waals surface area (Å²) in [4.78, 5) is 14.2. The molecular weight excluding hydrogens is 280 g/mol. The second-order valence-electron chi connectivity index (χ2n) is 7.07. The summed E-state index contributed by atoms with van der Waals surface area (Å²) in [6, 6.07) is 4.43. The lowest BCUT2D eigenvalue weighted by atomic mass is 10.1. The number of nitrogens with one attached hydrogen (secondary N) is 1. The summed E-state index contributed by atoms with van der Waals surface area (Å²) in [7, 11) is 0. The number of nitrogens with zero attached hydrogens (tertiary/aromatic N) is 1. The molecule has 2 atom stereocenters. The van der Waals surface area contributed by atoms with Crippen molar-refractivity contribution in [1.29, 1.82) is 0 Å². The van der Waals surface area contributed by atoms with E-state index in [1.807, 2.05) is 37.8 Å². The third-order valence-corrected chi connectivity index (χ3v) is 3.84. The maximum absolute atomic E-state index is 12.3. The van der Waals surface area contributed by atoms with Crippen LogP contribution in [-0.2, 0) is 11.3 Å². The van der Waals surface area contributed by atoms with Crippen molar-refractivity contribution < 1.29 is 13.9 Å². The molecule has 22 heavy (non-hydrogen) atoms. The summed E-state index contributed by atoms with van der Waals surface area (Å²) < 4.78 is 10.8. The Morgan fingerprint density at radius 1 is 1.55 bits per heavy atom. The first kappa shape index (κ1) is 16.9. The van der Waals surface area contributed by atoms with Gasteiger partial charge in [0.05, 0.1) is 12.8 Å². The summed E-state index contributed by atoms with van der Waals surface area (Å²) >= 11 is 0. The van der Waals surface area contributed by atoms with Crippen molar-refractivity contribution in [3.05, 3.63) is 24.2 Å². The molecule has 2 unspecified atom stereocenters. The lowest BCUT2D eigenvalue weighted by Crippen LogP contribution is -2.42. The van der Waals surface area contributed by atoms with Gasteiger partial charge in [-0.2, -0.15) is 0 Å². The van der Waals surface area contributed by atoms with E-state index >= 15 is 0 Å². The van der Waals surface area contributed by atoms with Crippen molar-refractivity contribution in [3.63, 3.8) is 0 Å². The summed E-state index contributed by atoms with van der Waals surface area (Å²) in [5.41, 5.74) is -0.437. The van der Waals surface area contributed by atoms with E-state index in [9.17, 15) is 4.79 Å². The van der Waals surface area contributed by atoms with Crippen LogP contribution in [0.3, 0.4) is 0 Å². The van der Waals surface area contributed by atoms with Crippen LogP contribution < -0.4 is 5.32 Å². The second-order valence-corrected chi connectivity index (χ2v) is 7.07. The van der Waals surface area contributed by atoms with Crippen molar-refractivity contribution in [3.8, 4) is 0 Å². The molecule has 124 valence electrons. The fourth-order valence-electron chi connectivity index (χ4n) is 2.82. The molecule has 5 heteroatoms. The Bertz CT molecular complexity index is 465. The summed E-state index contributed by atoms with van der Waals surface area (Å²) in [6.07, 6.45) is 4.53. The molecular formula is C17H28N2O3. The minimum atomic E-state index is -0.437. The summed E-state index contributed by atoms with van der Waals surface area (Å²) in [5, 5.41) is 3.45. The third-order valence-electron chi connectivity index (χ3n) is 3.84. The molecule has 1 fully saturated rings. The van der Waals surface area contributed by atoms with Crippen molar-refractivity contribution in [2.75, 3.05) is 6.54 Å². The van der Waals surface area contributed by atoms with E-state index in [2.05, 4.69) is 12.2 Å². The Hall–Kier alpha value is -1.49. The number of ether oxygens (including phenoxy) is 1. The van der Waals surface area contributed by atoms with Gasteiger partial charge < -0.3 is 19.4 Å². The Kier molecular flexibility index (Phi) is 5.51. The van der Waals surface area contributed by atoms with E-state index < -0.39 is 5.60 Å². The molecule has 1 aliphatic rings. The second kappa shape index (κ2) is 7.18. The van der Waals surface area contributed by atoms with Crippen LogP contribution in [0.2, 0.25) is 0 Å². The van der Waals surface area contributed by atoms with Gasteiger partial charge in [-0.3, -0.25) is 0 Å². The first-order chi connectivity index (χ1) is 10.3. The molecule has 1 aromatic heterocycles. The van der Waals surface area contributed by atoms with E-state index in [0.717, 1.165) is 31.6 Å². The van der Waals surface area contributed by atoms with Crippen molar-refractivity contribution in [1.82, 2.24) is 10.2 Å². The molecule has 1 amide bonds. The van der Waals surface area contributed by atoms with E-state index in [0.29, 0.717) is 12.6 Å². The molecule has 0 spiro atoms. The minimum absolute atomic E-state index is 0.187. The fraction of sp³-hybridized carbons (Fsp3) is 0.706. The maximum atomic E-state index is 12.3. The number of likely N-dealkylation sites (tertiary alicyclic amines) is 1. The van der Waals surface area contributed by atoms with Crippen LogP contribution in [0, 0.1) is 0 Å². The number of hydrogen-bond acceptors (Lipinski definition) is 4. The van der Waals surface area contributed by atoms with Crippen LogP contribution >= 0.6 is 0 Å². The normalized spacial score (nSPS) is 20.2. The minimum Gasteiger partial charge on any atom is -0.468 e. The molecule has 0 radical (unpaired) electrons. The zero-order chi connectivity index (χ0) is 16.2. The van der Waals surface area contributed by atoms with Gasteiger partial charge in [-0.1, -0.05) is 0 Å². The predicted molar refractivity (Wildman–Crippen MR) is 85.6 cm³/mol. The highest BCUT2D eigenvalue weighted by Crippen LogP contribution is 2.24. The molecule has 0 saturated carbocycles. The fourth-order valence-corrected chi connectivity index (χ4v) is 2.82. The Balaban J connectivity index is 1.81. The van der Waals surface area contributed by atoms with E-state index in [1.165, 1.54) is 0 Å². The predicted octanol–water partition coefficient (Wildman–Crippen LogP) is 3.55. The Labute approximate surface area is 133 Å². The van der Waals surface area contributed by atoms with Gasteiger partial charge in [0.1, 0.15) is 11.4 Å². The molecule has 0 bridgehead atoms. The van der Waals surface area contributed by atoms with E-state index in [1.54, 1.807) is 6.26 Å². The highest BCUT2D eigenvalue weighted by atomic mass is 16.6. The third kappa shape index (κ3) is 5.05. The molecule has 1 aromatic rings. The molecule has 2 rings (SSSR count). The average molecular weight is 308 g/mol. The van der Waals surface area contributed by atoms with Gasteiger partial charge in [0.25, 0.3) is 0 Å². The van der Waals surface area contributed by atoms with Crippen LogP contribution in [0.4, 0.5) is 4.79 Å². The van der Waals surface area contributed by atoms with Crippen molar-refractivity contribution in [2.24, 2.45) is 0 Å². The Morgan fingerprint density at radius 2 is 2.32 bits per heavy atom. The number of rotatable bonds is 5. The monoisotopic (exact) mass is 308 g/mol. The summed E-state index contributed by atoms with van der Waals surface area (Å²) in [6.45, 7) is 9.38. The van der Waals surface area contributed by atoms with Gasteiger partial charge in [0.15, 0.2) is 0 Å². The lowest BCUT2D eigenvalue weighted by Gasteiger charge is -2.30. The van der Waals surface area contributed by atoms with Crippen LogP contribution in [0.15, 0.2) is 22.8 Å². The van der Waals surface area contributed by atoms with Crippen LogP contribution in [0.5, 0.6) is 0 Å². The first-order valence-electron chi connectivity index (χ1n) is 8.10. The zero-order valence-electron chi connectivity index (χ0n) is 14.1. The maximum Gasteiger partial charge on any atom is 0.410 e. The number of amides is 1. The highest BCUT2D eigenvalue weighted by molar-refractivity contribution is 5.68. The highest BCUT2D eigenvalue weighted by Gasteiger charge is 2.32. The standard InChI is InChI=1S/C17H28N2O3/c1-13(18-12-15-8-6-10-21-15)11-14-7-5-9-19(14)16(20)22-17(2,3)4/h6,8,10,13-14,18H,5,7,9,11-12H2,1-4H3. The van der Waals surface area contributed by atoms with E-state index in [4.69, 9.17) is 9.15 Å². The topological polar surface area (TPSA) is 54.7 Å². The molecule has 0 aromatic carbocycles. The molecule has 1 aliphatic heterocycles. The average Bonchev–Trinajstić information content (AvgIpc) is 3.05. The van der Waals surface area contributed by atoms with Crippen molar-refractivity contribution >= 4 is 6.09 Å². The number of furan rings is 1. The summed E-state index contributed by atoms with van der Waals surface area (Å²) in [5.74, 6) is 0.933. The smallest absolute Gasteiger partial charge is 0.410 e. The van der Waals surface area contributed by atoms with E-state index in [-0.39, 0.29) is 12.1 Å². The number of carbonyl (C=O) groups is 1. The quantitative estimate of drug-likeness (QED) is 0.904. The largest absolute Gasteiger partial charge is 0.468 e. The SMILES string of the molecule is CC(CC1CCCN1C(=O)OC(C)(C)C)NCc1ccco1. The van der Waals surface area contributed by atoms with Gasteiger partial charge in [-0.15, -0.1) is 0 Å². The van der Waals surface area contributed by atoms with Gasteiger partial charge in [0.2, 0.25) is 0 Å². The number of hydrogen-bond donors (Lipinski definition) is 1. The van der Waals surface area contributed by atoms with Gasteiger partial charge in [0, 0.05) is 18.6 Å².